The summed E-state index contributed by atoms with van der Waals surface area (Å²) in [6.45, 7) is 1.80. The summed E-state index contributed by atoms with van der Waals surface area (Å²) in [5, 5.41) is 16.1. The molecule has 1 heterocycles. The molecule has 7 nitrogen and oxygen atoms in total. The number of halogens is 2. The minimum absolute atomic E-state index is 0.0917. The number of aryl methyl sites for hydroxylation is 2. The lowest BCUT2D eigenvalue weighted by Gasteiger charge is -2.26. The van der Waals surface area contributed by atoms with E-state index >= 15 is 0 Å². The van der Waals surface area contributed by atoms with Crippen molar-refractivity contribution in [2.75, 3.05) is 12.0 Å². The van der Waals surface area contributed by atoms with Gasteiger partial charge in [0.05, 0.1) is 28.4 Å². The molecule has 0 saturated carbocycles. The van der Waals surface area contributed by atoms with E-state index in [1.54, 1.807) is 35.7 Å². The molecular formula is C18H16ClFN4O3. The summed E-state index contributed by atoms with van der Waals surface area (Å²) in [6.07, 6.45) is 0. The number of nitrogens with zero attached hydrogens (tertiary/aromatic N) is 4. The largest absolute Gasteiger partial charge is 0.494 e. The van der Waals surface area contributed by atoms with E-state index in [4.69, 9.17) is 16.3 Å². The van der Waals surface area contributed by atoms with E-state index in [2.05, 4.69) is 5.10 Å². The number of nitro benzene ring substituents is 1. The lowest BCUT2D eigenvalue weighted by atomic mass is 10.2. The molecular weight excluding hydrogens is 375 g/mol. The van der Waals surface area contributed by atoms with Crippen molar-refractivity contribution in [1.82, 2.24) is 9.78 Å². The van der Waals surface area contributed by atoms with Gasteiger partial charge in [-0.2, -0.15) is 5.10 Å². The Labute approximate surface area is 159 Å². The second kappa shape index (κ2) is 7.24. The molecule has 0 saturated heterocycles. The average molecular weight is 391 g/mol. The molecule has 1 aromatic heterocycles. The molecule has 0 aliphatic carbocycles. The number of aromatic nitrogens is 2. The van der Waals surface area contributed by atoms with Gasteiger partial charge in [0.2, 0.25) is 0 Å². The number of ether oxygens (including phenoxy) is 1. The molecule has 2 aromatic carbocycles. The quantitative estimate of drug-likeness (QED) is 0.457. The van der Waals surface area contributed by atoms with Gasteiger partial charge >= 0.3 is 0 Å². The fraction of sp³-hybridized carbons (Fsp3) is 0.167. The van der Waals surface area contributed by atoms with E-state index in [0.717, 1.165) is 6.07 Å². The third-order valence-electron chi connectivity index (χ3n) is 3.97. The summed E-state index contributed by atoms with van der Waals surface area (Å²) >= 11 is 6.29. The summed E-state index contributed by atoms with van der Waals surface area (Å²) in [4.78, 5) is 12.7. The first kappa shape index (κ1) is 18.7. The Kier molecular flexibility index (Phi) is 5.00. The van der Waals surface area contributed by atoms with Gasteiger partial charge in [-0.05, 0) is 31.2 Å². The lowest BCUT2D eigenvalue weighted by molar-refractivity contribution is -0.384. The maximum absolute atomic E-state index is 13.6. The number of nitro groups is 1. The number of anilines is 3. The topological polar surface area (TPSA) is 73.4 Å². The molecule has 0 unspecified atom stereocenters. The second-order valence-corrected chi connectivity index (χ2v) is 6.19. The summed E-state index contributed by atoms with van der Waals surface area (Å²) in [7, 11) is 3.12. The zero-order chi connectivity index (χ0) is 19.7. The molecule has 0 spiro atoms. The number of rotatable bonds is 5. The third kappa shape index (κ3) is 3.43. The number of hydrogen-bond acceptors (Lipinski definition) is 5. The van der Waals surface area contributed by atoms with E-state index in [-0.39, 0.29) is 22.1 Å². The average Bonchev–Trinajstić information content (AvgIpc) is 2.95. The van der Waals surface area contributed by atoms with Crippen molar-refractivity contribution in [3.8, 4) is 5.75 Å². The van der Waals surface area contributed by atoms with Gasteiger partial charge in [-0.15, -0.1) is 0 Å². The zero-order valence-electron chi connectivity index (χ0n) is 14.8. The van der Waals surface area contributed by atoms with Crippen molar-refractivity contribution in [2.45, 2.75) is 6.92 Å². The Morgan fingerprint density at radius 3 is 2.59 bits per heavy atom. The van der Waals surface area contributed by atoms with Gasteiger partial charge in [0.15, 0.2) is 5.69 Å². The van der Waals surface area contributed by atoms with Crippen molar-refractivity contribution in [2.24, 2.45) is 7.05 Å². The highest BCUT2D eigenvalue weighted by atomic mass is 35.5. The smallest absolute Gasteiger partial charge is 0.297 e. The third-order valence-corrected chi connectivity index (χ3v) is 4.28. The van der Waals surface area contributed by atoms with Crippen molar-refractivity contribution in [1.29, 1.82) is 0 Å². The minimum atomic E-state index is -0.514. The summed E-state index contributed by atoms with van der Waals surface area (Å²) < 4.78 is 20.5. The number of benzene rings is 2. The van der Waals surface area contributed by atoms with Crippen molar-refractivity contribution in [3.05, 3.63) is 69.1 Å². The molecule has 0 amide bonds. The standard InChI is InChI=1S/C18H16ClFN4O3/c1-11-9-17(22(2)21-11)23(14-8-7-12(20)10-13(14)19)18-15(24(25)26)5-4-6-16(18)27-3/h4-10H,1-3H3. The van der Waals surface area contributed by atoms with E-state index in [9.17, 15) is 14.5 Å². The second-order valence-electron chi connectivity index (χ2n) is 5.78. The monoisotopic (exact) mass is 390 g/mol. The van der Waals surface area contributed by atoms with Gasteiger partial charge in [0.25, 0.3) is 5.69 Å². The van der Waals surface area contributed by atoms with E-state index in [0.29, 0.717) is 17.2 Å². The number of methoxy groups -OCH3 is 1. The Bertz CT molecular complexity index is 1020. The minimum Gasteiger partial charge on any atom is -0.494 e. The first-order valence-corrected chi connectivity index (χ1v) is 8.28. The van der Waals surface area contributed by atoms with Crippen LogP contribution in [-0.4, -0.2) is 21.8 Å². The van der Waals surface area contributed by atoms with Gasteiger partial charge < -0.3 is 4.74 Å². The van der Waals surface area contributed by atoms with Crippen LogP contribution in [0.4, 0.5) is 27.3 Å². The van der Waals surface area contributed by atoms with E-state index in [1.807, 2.05) is 0 Å². The lowest BCUT2D eigenvalue weighted by Crippen LogP contribution is -2.17. The highest BCUT2D eigenvalue weighted by Gasteiger charge is 2.29. The molecule has 3 rings (SSSR count). The van der Waals surface area contributed by atoms with Crippen LogP contribution < -0.4 is 9.64 Å². The molecule has 0 bridgehead atoms. The highest BCUT2D eigenvalue weighted by Crippen LogP contribution is 2.47. The first-order valence-electron chi connectivity index (χ1n) is 7.90. The predicted octanol–water partition coefficient (Wildman–Crippen LogP) is 4.91. The van der Waals surface area contributed by atoms with Crippen LogP contribution in [0.2, 0.25) is 5.02 Å². The van der Waals surface area contributed by atoms with Crippen LogP contribution in [-0.2, 0) is 7.05 Å². The summed E-state index contributed by atoms with van der Waals surface area (Å²) in [5.41, 5.74) is 1.04. The predicted molar refractivity (Wildman–Crippen MR) is 101 cm³/mol. The zero-order valence-corrected chi connectivity index (χ0v) is 15.6. The Hall–Kier alpha value is -3.13. The van der Waals surface area contributed by atoms with Gasteiger partial charge in [-0.1, -0.05) is 17.7 Å². The molecule has 0 atom stereocenters. The molecule has 27 heavy (non-hydrogen) atoms. The molecule has 0 aliphatic heterocycles. The Morgan fingerprint density at radius 1 is 1.30 bits per heavy atom. The molecule has 0 fully saturated rings. The van der Waals surface area contributed by atoms with Crippen molar-refractivity contribution in [3.63, 3.8) is 0 Å². The Balaban J connectivity index is 2.39. The van der Waals surface area contributed by atoms with Crippen LogP contribution in [0.25, 0.3) is 0 Å². The van der Waals surface area contributed by atoms with E-state index < -0.39 is 10.7 Å². The SMILES string of the molecule is COc1cccc([N+](=O)[O-])c1N(c1ccc(F)cc1Cl)c1cc(C)nn1C. The van der Waals surface area contributed by atoms with Crippen molar-refractivity contribution < 1.29 is 14.1 Å². The van der Waals surface area contributed by atoms with Crippen LogP contribution in [0.3, 0.4) is 0 Å². The van der Waals surface area contributed by atoms with Gasteiger partial charge in [0.1, 0.15) is 17.4 Å². The number of para-hydroxylation sites is 1. The maximum atomic E-state index is 13.6. The first-order chi connectivity index (χ1) is 12.8. The maximum Gasteiger partial charge on any atom is 0.297 e. The molecule has 140 valence electrons. The highest BCUT2D eigenvalue weighted by molar-refractivity contribution is 6.33. The molecule has 0 radical (unpaired) electrons. The molecule has 9 heteroatoms. The molecule has 0 N–H and O–H groups in total. The van der Waals surface area contributed by atoms with Crippen LogP contribution in [0.5, 0.6) is 5.75 Å². The fourth-order valence-electron chi connectivity index (χ4n) is 2.87. The van der Waals surface area contributed by atoms with Gasteiger partial charge in [0, 0.05) is 19.2 Å². The van der Waals surface area contributed by atoms with Crippen LogP contribution >= 0.6 is 11.6 Å². The van der Waals surface area contributed by atoms with Crippen LogP contribution in [0.15, 0.2) is 42.5 Å². The number of hydrogen-bond donors (Lipinski definition) is 0. The van der Waals surface area contributed by atoms with Crippen LogP contribution in [0, 0.1) is 22.9 Å². The Morgan fingerprint density at radius 2 is 2.04 bits per heavy atom. The van der Waals surface area contributed by atoms with Gasteiger partial charge in [-0.3, -0.25) is 19.7 Å². The summed E-state index contributed by atoms with van der Waals surface area (Å²) in [6, 6.07) is 10.1. The summed E-state index contributed by atoms with van der Waals surface area (Å²) in [5.74, 6) is 0.261. The molecule has 3 aromatic rings. The molecule has 0 aliphatic rings. The van der Waals surface area contributed by atoms with Crippen LogP contribution in [0.1, 0.15) is 5.69 Å². The van der Waals surface area contributed by atoms with E-state index in [1.165, 1.54) is 31.4 Å². The normalized spacial score (nSPS) is 10.7. The van der Waals surface area contributed by atoms with Crippen molar-refractivity contribution >= 4 is 34.5 Å². The fourth-order valence-corrected chi connectivity index (χ4v) is 3.13. The van der Waals surface area contributed by atoms with Gasteiger partial charge in [-0.25, -0.2) is 4.39 Å².